The van der Waals surface area contributed by atoms with Crippen LogP contribution in [0.5, 0.6) is 0 Å². The zero-order valence-corrected chi connectivity index (χ0v) is 12.5. The molecule has 0 aliphatic heterocycles. The third-order valence-corrected chi connectivity index (χ3v) is 2.85. The van der Waals surface area contributed by atoms with E-state index in [1.54, 1.807) is 0 Å². The molecule has 0 unspecified atom stereocenters. The van der Waals surface area contributed by atoms with Crippen LogP contribution in [0.15, 0.2) is 30.3 Å². The molecule has 3 amide bonds. The van der Waals surface area contributed by atoms with Crippen LogP contribution >= 0.6 is 0 Å². The Balaban J connectivity index is 2.53. The zero-order valence-electron chi connectivity index (χ0n) is 12.5. The fraction of sp³-hybridized carbons (Fsp3) is 0.400. The molecule has 1 aromatic carbocycles. The average molecular weight is 307 g/mol. The van der Waals surface area contributed by atoms with Gasteiger partial charge in [0.25, 0.3) is 0 Å². The van der Waals surface area contributed by atoms with Gasteiger partial charge in [-0.05, 0) is 5.56 Å². The molecular formula is C15H21N3O4. The maximum absolute atomic E-state index is 12.1. The lowest BCUT2D eigenvalue weighted by atomic mass is 10.2. The summed E-state index contributed by atoms with van der Waals surface area (Å²) < 4.78 is 0. The molecule has 0 saturated heterocycles. The van der Waals surface area contributed by atoms with Crippen molar-refractivity contribution in [3.8, 4) is 0 Å². The number of nitrogens with one attached hydrogen (secondary N) is 2. The molecule has 22 heavy (non-hydrogen) atoms. The van der Waals surface area contributed by atoms with E-state index in [1.165, 1.54) is 11.8 Å². The molecule has 0 spiro atoms. The van der Waals surface area contributed by atoms with Gasteiger partial charge in [0.2, 0.25) is 5.91 Å². The van der Waals surface area contributed by atoms with Crippen molar-refractivity contribution in [3.05, 3.63) is 35.9 Å². The minimum atomic E-state index is -0.755. The Morgan fingerprint density at radius 1 is 1.09 bits per heavy atom. The quantitative estimate of drug-likeness (QED) is 0.456. The molecule has 7 nitrogen and oxygen atoms in total. The Labute approximate surface area is 129 Å². The molecule has 0 aliphatic carbocycles. The normalized spacial score (nSPS) is 9.91. The largest absolute Gasteiger partial charge is 0.395 e. The van der Waals surface area contributed by atoms with E-state index in [9.17, 15) is 14.4 Å². The molecule has 0 saturated carbocycles. The molecule has 7 heteroatoms. The highest BCUT2D eigenvalue weighted by Crippen LogP contribution is 2.04. The van der Waals surface area contributed by atoms with Crippen LogP contribution in [-0.4, -0.2) is 54.0 Å². The van der Waals surface area contributed by atoms with Gasteiger partial charge in [-0.3, -0.25) is 14.4 Å². The van der Waals surface area contributed by atoms with E-state index in [1.807, 2.05) is 30.3 Å². The second kappa shape index (κ2) is 9.51. The number of hydrogen-bond acceptors (Lipinski definition) is 4. The van der Waals surface area contributed by atoms with Crippen molar-refractivity contribution in [2.45, 2.75) is 13.5 Å². The maximum atomic E-state index is 12.1. The summed E-state index contributed by atoms with van der Waals surface area (Å²) in [4.78, 5) is 35.9. The predicted molar refractivity (Wildman–Crippen MR) is 80.6 cm³/mol. The number of carbonyl (C=O) groups excluding carboxylic acids is 3. The molecular weight excluding hydrogens is 286 g/mol. The van der Waals surface area contributed by atoms with Crippen molar-refractivity contribution < 1.29 is 19.5 Å². The van der Waals surface area contributed by atoms with Crippen LogP contribution in [0, 0.1) is 0 Å². The molecule has 0 atom stereocenters. The van der Waals surface area contributed by atoms with E-state index in [-0.39, 0.29) is 38.7 Å². The number of rotatable bonds is 7. The van der Waals surface area contributed by atoms with Crippen LogP contribution in [0.1, 0.15) is 12.5 Å². The summed E-state index contributed by atoms with van der Waals surface area (Å²) in [5, 5.41) is 14.0. The van der Waals surface area contributed by atoms with Gasteiger partial charge in [0.05, 0.1) is 6.61 Å². The summed E-state index contributed by atoms with van der Waals surface area (Å²) in [6.07, 6.45) is 0. The third-order valence-electron chi connectivity index (χ3n) is 2.85. The summed E-state index contributed by atoms with van der Waals surface area (Å²) in [5.74, 6) is -1.66. The van der Waals surface area contributed by atoms with E-state index in [4.69, 9.17) is 5.11 Å². The molecule has 0 heterocycles. The number of hydrogen-bond donors (Lipinski definition) is 3. The average Bonchev–Trinajstić information content (AvgIpc) is 2.51. The van der Waals surface area contributed by atoms with Crippen LogP contribution in [-0.2, 0) is 20.9 Å². The van der Waals surface area contributed by atoms with Crippen molar-refractivity contribution in [3.63, 3.8) is 0 Å². The zero-order chi connectivity index (χ0) is 16.4. The Bertz CT molecular complexity index is 505. The van der Waals surface area contributed by atoms with Crippen LogP contribution in [0.3, 0.4) is 0 Å². The molecule has 1 rings (SSSR count). The fourth-order valence-electron chi connectivity index (χ4n) is 1.81. The van der Waals surface area contributed by atoms with Crippen LogP contribution < -0.4 is 10.6 Å². The molecule has 0 aliphatic rings. The number of nitrogens with zero attached hydrogens (tertiary/aromatic N) is 1. The second-order valence-corrected chi connectivity index (χ2v) is 4.67. The molecule has 3 N–H and O–H groups in total. The molecule has 0 aromatic heterocycles. The number of amides is 3. The molecule has 120 valence electrons. The number of aliphatic hydroxyl groups excluding tert-OH is 1. The highest BCUT2D eigenvalue weighted by molar-refractivity contribution is 6.34. The molecule has 0 radical (unpaired) electrons. The van der Waals surface area contributed by atoms with Crippen molar-refractivity contribution in [2.24, 2.45) is 0 Å². The Hall–Kier alpha value is -2.41. The second-order valence-electron chi connectivity index (χ2n) is 4.67. The van der Waals surface area contributed by atoms with Crippen LogP contribution in [0.25, 0.3) is 0 Å². The van der Waals surface area contributed by atoms with Gasteiger partial charge in [-0.15, -0.1) is 0 Å². The molecule has 1 aromatic rings. The summed E-state index contributed by atoms with van der Waals surface area (Å²) in [5.41, 5.74) is 0.871. The summed E-state index contributed by atoms with van der Waals surface area (Å²) in [7, 11) is 0. The summed E-state index contributed by atoms with van der Waals surface area (Å²) >= 11 is 0. The number of carbonyl (C=O) groups is 3. The first kappa shape index (κ1) is 17.6. The van der Waals surface area contributed by atoms with Gasteiger partial charge >= 0.3 is 11.8 Å². The fourth-order valence-corrected chi connectivity index (χ4v) is 1.81. The van der Waals surface area contributed by atoms with E-state index >= 15 is 0 Å². The van der Waals surface area contributed by atoms with E-state index in [0.717, 1.165) is 5.56 Å². The highest BCUT2D eigenvalue weighted by atomic mass is 16.3. The predicted octanol–water partition coefficient (Wildman–Crippen LogP) is -0.740. The first-order valence-electron chi connectivity index (χ1n) is 7.01. The minimum Gasteiger partial charge on any atom is -0.395 e. The Morgan fingerprint density at radius 3 is 2.32 bits per heavy atom. The van der Waals surface area contributed by atoms with Gasteiger partial charge in [0.15, 0.2) is 0 Å². The van der Waals surface area contributed by atoms with Crippen LogP contribution in [0.4, 0.5) is 0 Å². The Morgan fingerprint density at radius 2 is 1.73 bits per heavy atom. The minimum absolute atomic E-state index is 0.0762. The first-order valence-corrected chi connectivity index (χ1v) is 7.01. The number of benzene rings is 1. The van der Waals surface area contributed by atoms with Crippen molar-refractivity contribution >= 4 is 17.7 Å². The van der Waals surface area contributed by atoms with Crippen LogP contribution in [0.2, 0.25) is 0 Å². The van der Waals surface area contributed by atoms with Gasteiger partial charge < -0.3 is 20.6 Å². The van der Waals surface area contributed by atoms with Crippen molar-refractivity contribution in [2.75, 3.05) is 26.2 Å². The van der Waals surface area contributed by atoms with E-state index in [0.29, 0.717) is 0 Å². The smallest absolute Gasteiger partial charge is 0.312 e. The first-order chi connectivity index (χ1) is 10.5. The van der Waals surface area contributed by atoms with Gasteiger partial charge in [-0.1, -0.05) is 30.3 Å². The number of aliphatic hydroxyl groups is 1. The van der Waals surface area contributed by atoms with Gasteiger partial charge in [-0.2, -0.15) is 0 Å². The van der Waals surface area contributed by atoms with E-state index < -0.39 is 11.8 Å². The molecule has 0 fully saturated rings. The topological polar surface area (TPSA) is 98.7 Å². The van der Waals surface area contributed by atoms with Crippen molar-refractivity contribution in [1.29, 1.82) is 0 Å². The van der Waals surface area contributed by atoms with Gasteiger partial charge in [-0.25, -0.2) is 0 Å². The van der Waals surface area contributed by atoms with Crippen molar-refractivity contribution in [1.82, 2.24) is 15.5 Å². The maximum Gasteiger partial charge on any atom is 0.312 e. The monoisotopic (exact) mass is 307 g/mol. The highest BCUT2D eigenvalue weighted by Gasteiger charge is 2.21. The lowest BCUT2D eigenvalue weighted by Gasteiger charge is -2.21. The Kier molecular flexibility index (Phi) is 7.63. The van der Waals surface area contributed by atoms with Gasteiger partial charge in [0.1, 0.15) is 0 Å². The third kappa shape index (κ3) is 6.36. The summed E-state index contributed by atoms with van der Waals surface area (Å²) in [6, 6.07) is 9.21. The van der Waals surface area contributed by atoms with Gasteiger partial charge in [0, 0.05) is 33.1 Å². The summed E-state index contributed by atoms with van der Waals surface area (Å²) in [6.45, 7) is 1.90. The lowest BCUT2D eigenvalue weighted by Crippen LogP contribution is -2.45. The standard InChI is InChI=1S/C15H21N3O4/c1-12(20)16-7-8-17-14(21)15(22)18(9-10-19)11-13-5-3-2-4-6-13/h2-6,19H,7-11H2,1H3,(H,16,20)(H,17,21). The SMILES string of the molecule is CC(=O)NCCNC(=O)C(=O)N(CCO)Cc1ccccc1. The lowest BCUT2D eigenvalue weighted by molar-refractivity contribution is -0.146. The molecule has 0 bridgehead atoms. The van der Waals surface area contributed by atoms with E-state index in [2.05, 4.69) is 10.6 Å².